The predicted molar refractivity (Wildman–Crippen MR) is 85.3 cm³/mol. The fraction of sp³-hybridized carbons (Fsp3) is 0. The van der Waals surface area contributed by atoms with Crippen LogP contribution < -0.4 is 4.72 Å². The molecule has 0 aliphatic heterocycles. The van der Waals surface area contributed by atoms with Crippen LogP contribution in [0.2, 0.25) is 5.02 Å². The molecule has 0 radical (unpaired) electrons. The zero-order chi connectivity index (χ0) is 15.7. The number of aromatic nitrogens is 1. The number of hydrogen-bond acceptors (Lipinski definition) is 3. The van der Waals surface area contributed by atoms with Gasteiger partial charge in [-0.25, -0.2) is 8.42 Å². The minimum atomic E-state index is -3.74. The first-order valence-electron chi connectivity index (χ1n) is 6.29. The molecule has 0 aliphatic rings. The van der Waals surface area contributed by atoms with Gasteiger partial charge in [0, 0.05) is 27.8 Å². The van der Waals surface area contributed by atoms with Crippen LogP contribution in [-0.2, 0) is 10.0 Å². The molecule has 7 heteroatoms. The molecule has 0 atom stereocenters. The van der Waals surface area contributed by atoms with E-state index < -0.39 is 10.0 Å². The van der Waals surface area contributed by atoms with Crippen molar-refractivity contribution in [1.29, 1.82) is 5.26 Å². The van der Waals surface area contributed by atoms with Gasteiger partial charge in [0.1, 0.15) is 4.90 Å². The van der Waals surface area contributed by atoms with Crippen LogP contribution in [-0.4, -0.2) is 13.4 Å². The number of benzene rings is 2. The maximum absolute atomic E-state index is 12.5. The number of sulfonamides is 1. The number of aromatic amines is 1. The molecule has 110 valence electrons. The smallest absolute Gasteiger partial charge is 0.264 e. The zero-order valence-corrected chi connectivity index (χ0v) is 12.7. The summed E-state index contributed by atoms with van der Waals surface area (Å²) < 4.78 is 27.5. The highest BCUT2D eigenvalue weighted by Gasteiger charge is 2.19. The van der Waals surface area contributed by atoms with Gasteiger partial charge < -0.3 is 4.98 Å². The van der Waals surface area contributed by atoms with E-state index in [0.717, 1.165) is 0 Å². The number of anilines is 1. The van der Waals surface area contributed by atoms with Crippen molar-refractivity contribution in [3.05, 3.63) is 59.2 Å². The highest BCUT2D eigenvalue weighted by Crippen LogP contribution is 2.27. The molecule has 0 fully saturated rings. The Morgan fingerprint density at radius 1 is 1.14 bits per heavy atom. The van der Waals surface area contributed by atoms with E-state index in [1.54, 1.807) is 42.5 Å². The number of H-pyrrole nitrogens is 1. The highest BCUT2D eigenvalue weighted by molar-refractivity contribution is 7.93. The Morgan fingerprint density at radius 3 is 2.55 bits per heavy atom. The Labute approximate surface area is 132 Å². The van der Waals surface area contributed by atoms with Gasteiger partial charge in [-0.1, -0.05) is 11.6 Å². The van der Waals surface area contributed by atoms with Crippen LogP contribution in [0.5, 0.6) is 0 Å². The predicted octanol–water partition coefficient (Wildman–Crippen LogP) is 3.49. The maximum atomic E-state index is 12.5. The van der Waals surface area contributed by atoms with Crippen molar-refractivity contribution in [2.75, 3.05) is 4.72 Å². The van der Waals surface area contributed by atoms with Crippen molar-refractivity contribution in [3.63, 3.8) is 0 Å². The average molecular weight is 332 g/mol. The average Bonchev–Trinajstić information content (AvgIpc) is 2.91. The van der Waals surface area contributed by atoms with Gasteiger partial charge in [-0.3, -0.25) is 4.72 Å². The lowest BCUT2D eigenvalue weighted by Gasteiger charge is -2.07. The number of rotatable bonds is 3. The first-order valence-corrected chi connectivity index (χ1v) is 8.15. The first kappa shape index (κ1) is 14.4. The van der Waals surface area contributed by atoms with Gasteiger partial charge in [0.15, 0.2) is 0 Å². The summed E-state index contributed by atoms with van der Waals surface area (Å²) in [6.07, 6.45) is 1.42. The third-order valence-electron chi connectivity index (χ3n) is 3.16. The Morgan fingerprint density at radius 2 is 1.86 bits per heavy atom. The summed E-state index contributed by atoms with van der Waals surface area (Å²) in [4.78, 5) is 3.03. The van der Waals surface area contributed by atoms with Crippen molar-refractivity contribution in [2.45, 2.75) is 4.90 Å². The van der Waals surface area contributed by atoms with Crippen molar-refractivity contribution < 1.29 is 8.42 Å². The Balaban J connectivity index is 1.99. The van der Waals surface area contributed by atoms with Crippen LogP contribution in [0.15, 0.2) is 53.6 Å². The molecule has 1 aromatic heterocycles. The van der Waals surface area contributed by atoms with Crippen LogP contribution in [0.4, 0.5) is 5.69 Å². The van der Waals surface area contributed by atoms with Gasteiger partial charge in [0.05, 0.1) is 11.6 Å². The summed E-state index contributed by atoms with van der Waals surface area (Å²) in [6, 6.07) is 13.1. The molecule has 2 aromatic carbocycles. The van der Waals surface area contributed by atoms with Gasteiger partial charge in [0.25, 0.3) is 10.0 Å². The number of nitrogens with zero attached hydrogens (tertiary/aromatic N) is 1. The maximum Gasteiger partial charge on any atom is 0.264 e. The molecule has 5 nitrogen and oxygen atoms in total. The lowest BCUT2D eigenvalue weighted by Crippen LogP contribution is -2.12. The molecular formula is C15H10ClN3O2S. The molecule has 0 amide bonds. The van der Waals surface area contributed by atoms with Gasteiger partial charge in [-0.2, -0.15) is 5.26 Å². The summed E-state index contributed by atoms with van der Waals surface area (Å²) >= 11 is 5.89. The second kappa shape index (κ2) is 5.37. The summed E-state index contributed by atoms with van der Waals surface area (Å²) in [5.74, 6) is 0. The molecule has 0 aliphatic carbocycles. The van der Waals surface area contributed by atoms with E-state index >= 15 is 0 Å². The van der Waals surface area contributed by atoms with Crippen molar-refractivity contribution in [1.82, 2.24) is 4.98 Å². The minimum absolute atomic E-state index is 0.142. The van der Waals surface area contributed by atoms with Crippen LogP contribution in [0, 0.1) is 11.3 Å². The Hall–Kier alpha value is -2.49. The van der Waals surface area contributed by atoms with Crippen LogP contribution in [0.3, 0.4) is 0 Å². The number of hydrogen-bond donors (Lipinski definition) is 2. The molecular weight excluding hydrogens is 322 g/mol. The van der Waals surface area contributed by atoms with Crippen molar-refractivity contribution in [2.24, 2.45) is 0 Å². The van der Waals surface area contributed by atoms with E-state index in [1.165, 1.54) is 6.20 Å². The number of halogens is 1. The zero-order valence-electron chi connectivity index (χ0n) is 11.2. The molecule has 0 saturated carbocycles. The van der Waals surface area contributed by atoms with E-state index in [-0.39, 0.29) is 4.90 Å². The molecule has 0 unspecified atom stereocenters. The Kier molecular flexibility index (Phi) is 3.53. The van der Waals surface area contributed by atoms with Crippen LogP contribution in [0.25, 0.3) is 10.9 Å². The van der Waals surface area contributed by atoms with E-state index in [2.05, 4.69) is 9.71 Å². The van der Waals surface area contributed by atoms with Crippen LogP contribution in [0.1, 0.15) is 5.56 Å². The van der Waals surface area contributed by atoms with Gasteiger partial charge in [-0.05, 0) is 42.5 Å². The highest BCUT2D eigenvalue weighted by atomic mass is 35.5. The lowest BCUT2D eigenvalue weighted by atomic mass is 10.2. The normalized spacial score (nSPS) is 11.3. The molecule has 3 aromatic rings. The van der Waals surface area contributed by atoms with Gasteiger partial charge in [0.2, 0.25) is 0 Å². The van der Waals surface area contributed by atoms with Crippen molar-refractivity contribution >= 4 is 38.2 Å². The summed E-state index contributed by atoms with van der Waals surface area (Å²) in [6.45, 7) is 0. The minimum Gasteiger partial charge on any atom is -0.360 e. The third-order valence-corrected chi connectivity index (χ3v) is 4.82. The second-order valence-corrected chi connectivity index (χ2v) is 6.72. The fourth-order valence-electron chi connectivity index (χ4n) is 2.12. The third kappa shape index (κ3) is 2.64. The molecule has 0 bridgehead atoms. The monoisotopic (exact) mass is 331 g/mol. The number of fused-ring (bicyclic) bond motifs is 1. The SMILES string of the molecule is N#Cc1ccc(NS(=O)(=O)c2c[nH]c3cc(Cl)ccc23)cc1. The summed E-state index contributed by atoms with van der Waals surface area (Å²) in [7, 11) is -3.74. The standard InChI is InChI=1S/C15H10ClN3O2S/c16-11-3-6-13-14(7-11)18-9-15(13)22(20,21)19-12-4-1-10(8-17)2-5-12/h1-7,9,18-19H. The molecule has 0 saturated heterocycles. The quantitative estimate of drug-likeness (QED) is 0.770. The molecule has 3 rings (SSSR count). The van der Waals surface area contributed by atoms with E-state index in [0.29, 0.717) is 27.2 Å². The van der Waals surface area contributed by atoms with E-state index in [4.69, 9.17) is 16.9 Å². The summed E-state index contributed by atoms with van der Waals surface area (Å²) in [5.41, 5.74) is 1.50. The number of nitriles is 1. The Bertz CT molecular complexity index is 986. The molecule has 1 heterocycles. The van der Waals surface area contributed by atoms with Crippen molar-refractivity contribution in [3.8, 4) is 6.07 Å². The molecule has 0 spiro atoms. The molecule has 2 N–H and O–H groups in total. The summed E-state index contributed by atoms with van der Waals surface area (Å²) in [5, 5.41) is 9.84. The lowest BCUT2D eigenvalue weighted by molar-refractivity contribution is 0.602. The molecule has 22 heavy (non-hydrogen) atoms. The largest absolute Gasteiger partial charge is 0.360 e. The van der Waals surface area contributed by atoms with Gasteiger partial charge in [-0.15, -0.1) is 0 Å². The van der Waals surface area contributed by atoms with E-state index in [9.17, 15) is 8.42 Å². The topological polar surface area (TPSA) is 85.8 Å². The van der Waals surface area contributed by atoms with Crippen LogP contribution >= 0.6 is 11.6 Å². The van der Waals surface area contributed by atoms with E-state index in [1.807, 2.05) is 6.07 Å². The fourth-order valence-corrected chi connectivity index (χ4v) is 3.53. The van der Waals surface area contributed by atoms with Gasteiger partial charge >= 0.3 is 0 Å². The second-order valence-electron chi connectivity index (χ2n) is 4.64. The first-order chi connectivity index (χ1) is 10.5. The number of nitrogens with one attached hydrogen (secondary N) is 2.